The standard InChI is InChI=1S/C36H36O17/c1-5-33(2)46-25(37)21(26(38)47-33)12-8-6-10-14-23-29(41)50-35(51-30(23)42)16-18-36(19-17-35)52-31(43)24(32(44)53-36)15-11-7-9-13-22-27(39)48-34(3,20-45-4)49-28(22)40/h6-15,37,39H,5,16-20H2,1-4H3/p-2/b10-6+,11-7+,12-8+,13-9+,23-14?,24-15?. The molecule has 3 fully saturated rings. The number of hydrogen-bond donors (Lipinski definition) is 0. The van der Waals surface area contributed by atoms with Gasteiger partial charge in [0.25, 0.3) is 11.6 Å². The van der Waals surface area contributed by atoms with Crippen molar-refractivity contribution in [2.45, 2.75) is 76.0 Å². The van der Waals surface area contributed by atoms with Gasteiger partial charge >= 0.3 is 35.8 Å². The zero-order valence-corrected chi connectivity index (χ0v) is 29.0. The zero-order valence-electron chi connectivity index (χ0n) is 29.0. The Bertz CT molecular complexity index is 1800. The van der Waals surface area contributed by atoms with Crippen molar-refractivity contribution in [3.63, 3.8) is 0 Å². The van der Waals surface area contributed by atoms with Crippen LogP contribution in [0.1, 0.15) is 52.9 Å². The number of allylic oxidation sites excluding steroid dienone is 8. The molecule has 17 nitrogen and oxygen atoms in total. The highest BCUT2D eigenvalue weighted by Gasteiger charge is 2.56. The van der Waals surface area contributed by atoms with E-state index in [-0.39, 0.29) is 49.9 Å². The molecule has 0 aromatic rings. The van der Waals surface area contributed by atoms with Gasteiger partial charge in [-0.25, -0.2) is 28.8 Å². The Balaban J connectivity index is 1.14. The Morgan fingerprint density at radius 2 is 0.925 bits per heavy atom. The van der Waals surface area contributed by atoms with Gasteiger partial charge in [-0.05, 0) is 44.6 Å². The van der Waals surface area contributed by atoms with Crippen LogP contribution in [0.2, 0.25) is 0 Å². The second-order valence-corrected chi connectivity index (χ2v) is 12.5. The van der Waals surface area contributed by atoms with Crippen LogP contribution in [0.15, 0.2) is 94.9 Å². The topological polar surface area (TPSA) is 232 Å². The highest BCUT2D eigenvalue weighted by atomic mass is 16.8. The Kier molecular flexibility index (Phi) is 10.7. The largest absolute Gasteiger partial charge is 0.574 e. The Morgan fingerprint density at radius 3 is 1.28 bits per heavy atom. The summed E-state index contributed by atoms with van der Waals surface area (Å²) in [6.07, 6.45) is 12.0. The molecule has 53 heavy (non-hydrogen) atoms. The fourth-order valence-corrected chi connectivity index (χ4v) is 5.48. The lowest BCUT2D eigenvalue weighted by Gasteiger charge is -2.45. The van der Waals surface area contributed by atoms with Crippen LogP contribution in [0.3, 0.4) is 0 Å². The summed E-state index contributed by atoms with van der Waals surface area (Å²) in [6.45, 7) is 4.36. The molecule has 0 bridgehead atoms. The van der Waals surface area contributed by atoms with Crippen molar-refractivity contribution in [2.24, 2.45) is 0 Å². The molecule has 5 rings (SSSR count). The van der Waals surface area contributed by atoms with Gasteiger partial charge in [0.05, 0.1) is 29.6 Å². The number of ether oxygens (including phenoxy) is 9. The molecule has 2 saturated heterocycles. The van der Waals surface area contributed by atoms with Crippen molar-refractivity contribution in [1.29, 1.82) is 0 Å². The third-order valence-corrected chi connectivity index (χ3v) is 8.43. The first-order valence-corrected chi connectivity index (χ1v) is 16.2. The van der Waals surface area contributed by atoms with Gasteiger partial charge in [0.1, 0.15) is 11.1 Å². The first-order chi connectivity index (χ1) is 25.0. The predicted molar refractivity (Wildman–Crippen MR) is 168 cm³/mol. The summed E-state index contributed by atoms with van der Waals surface area (Å²) in [5.41, 5.74) is -1.59. The first kappa shape index (κ1) is 38.1. The number of cyclic esters (lactones) is 2. The zero-order chi connectivity index (χ0) is 38.6. The minimum absolute atomic E-state index is 0.156. The molecule has 282 valence electrons. The van der Waals surface area contributed by atoms with E-state index in [9.17, 15) is 39.0 Å². The SMILES string of the molecule is CCC1(C)OC(=O)C(/C=C/C=C/C=C2C(=O)OC3(CCC4(CC3)OC(=O)C(=C/C=C/C=C/C3=C([O-])OC(C)(COC)OC3=O)C(=O)O4)OC2=O)=C([O-])O1. The molecule has 1 saturated carbocycles. The van der Waals surface area contributed by atoms with Crippen LogP contribution in [-0.4, -0.2) is 72.7 Å². The molecule has 2 spiro atoms. The van der Waals surface area contributed by atoms with Gasteiger partial charge in [0, 0.05) is 32.8 Å². The van der Waals surface area contributed by atoms with Crippen molar-refractivity contribution < 1.29 is 81.6 Å². The summed E-state index contributed by atoms with van der Waals surface area (Å²) in [5.74, 6) is -13.8. The number of esters is 6. The van der Waals surface area contributed by atoms with E-state index in [2.05, 4.69) is 0 Å². The number of rotatable bonds is 9. The van der Waals surface area contributed by atoms with Gasteiger partial charge in [-0.1, -0.05) is 43.4 Å². The molecule has 4 aliphatic heterocycles. The van der Waals surface area contributed by atoms with Crippen LogP contribution in [-0.2, 0) is 71.4 Å². The fraction of sp³-hybridized carbons (Fsp3) is 0.389. The monoisotopic (exact) mass is 738 g/mol. The summed E-state index contributed by atoms with van der Waals surface area (Å²) in [6, 6.07) is 0. The third-order valence-electron chi connectivity index (χ3n) is 8.43. The normalized spacial score (nSPS) is 30.8. The molecule has 2 atom stereocenters. The summed E-state index contributed by atoms with van der Waals surface area (Å²) in [7, 11) is 1.35. The average Bonchev–Trinajstić information content (AvgIpc) is 3.06. The molecule has 17 heteroatoms. The van der Waals surface area contributed by atoms with E-state index in [1.165, 1.54) is 57.4 Å². The quantitative estimate of drug-likeness (QED) is 0.106. The van der Waals surface area contributed by atoms with Crippen molar-refractivity contribution >= 4 is 35.8 Å². The van der Waals surface area contributed by atoms with Gasteiger partial charge in [-0.2, -0.15) is 0 Å². The van der Waals surface area contributed by atoms with Crippen molar-refractivity contribution in [1.82, 2.24) is 0 Å². The summed E-state index contributed by atoms with van der Waals surface area (Å²) in [4.78, 5) is 75.5. The minimum atomic E-state index is -1.69. The van der Waals surface area contributed by atoms with Crippen molar-refractivity contribution in [2.75, 3.05) is 13.7 Å². The average molecular weight is 739 g/mol. The maximum Gasteiger partial charge on any atom is 0.348 e. The smallest absolute Gasteiger partial charge is 0.348 e. The van der Waals surface area contributed by atoms with Gasteiger partial charge in [-0.15, -0.1) is 0 Å². The van der Waals surface area contributed by atoms with Crippen LogP contribution in [0, 0.1) is 0 Å². The Hall–Kier alpha value is -6.10. The molecule has 0 aromatic heterocycles. The summed E-state index contributed by atoms with van der Waals surface area (Å²) in [5, 5.41) is 24.4. The maximum absolute atomic E-state index is 12.8. The number of carbonyl (C=O) groups excluding carboxylic acids is 6. The molecule has 0 N–H and O–H groups in total. The fourth-order valence-electron chi connectivity index (χ4n) is 5.48. The molecule has 0 aromatic carbocycles. The number of carbonyl (C=O) groups is 6. The van der Waals surface area contributed by atoms with Gasteiger partial charge in [-0.3, -0.25) is 0 Å². The summed E-state index contributed by atoms with van der Waals surface area (Å²) >= 11 is 0. The van der Waals surface area contributed by atoms with E-state index in [0.29, 0.717) is 0 Å². The third kappa shape index (κ3) is 8.35. The maximum atomic E-state index is 12.8. The molecule has 5 aliphatic rings. The van der Waals surface area contributed by atoms with Gasteiger partial charge in [0.2, 0.25) is 0 Å². The molecule has 0 amide bonds. The molecule has 4 heterocycles. The van der Waals surface area contributed by atoms with E-state index < -0.39 is 82.0 Å². The van der Waals surface area contributed by atoms with E-state index in [1.54, 1.807) is 6.92 Å². The Labute approximate surface area is 302 Å². The lowest BCUT2D eigenvalue weighted by Crippen LogP contribution is -2.56. The van der Waals surface area contributed by atoms with E-state index in [0.717, 1.165) is 24.3 Å². The van der Waals surface area contributed by atoms with E-state index in [1.807, 2.05) is 0 Å². The van der Waals surface area contributed by atoms with Crippen LogP contribution in [0.5, 0.6) is 0 Å². The highest BCUT2D eigenvalue weighted by molar-refractivity contribution is 6.16. The number of hydrogen-bond acceptors (Lipinski definition) is 17. The van der Waals surface area contributed by atoms with Crippen molar-refractivity contribution in [3.8, 4) is 0 Å². The minimum Gasteiger partial charge on any atom is -0.574 e. The lowest BCUT2D eigenvalue weighted by molar-refractivity contribution is -0.399. The Morgan fingerprint density at radius 1 is 0.547 bits per heavy atom. The van der Waals surface area contributed by atoms with Crippen LogP contribution in [0.25, 0.3) is 0 Å². The van der Waals surface area contributed by atoms with E-state index >= 15 is 0 Å². The van der Waals surface area contributed by atoms with E-state index in [4.69, 9.17) is 42.6 Å². The predicted octanol–water partition coefficient (Wildman–Crippen LogP) is 1.01. The molecule has 2 unspecified atom stereocenters. The van der Waals surface area contributed by atoms with Gasteiger partial charge in [0.15, 0.2) is 11.6 Å². The van der Waals surface area contributed by atoms with Gasteiger partial charge < -0.3 is 52.8 Å². The molecule has 1 aliphatic carbocycles. The molecular formula is C36H34O17-2. The highest BCUT2D eigenvalue weighted by Crippen LogP contribution is 2.45. The summed E-state index contributed by atoms with van der Waals surface area (Å²) < 4.78 is 47.2. The van der Waals surface area contributed by atoms with Crippen LogP contribution in [0.4, 0.5) is 0 Å². The van der Waals surface area contributed by atoms with Crippen molar-refractivity contribution in [3.05, 3.63) is 94.9 Å². The molecular weight excluding hydrogens is 704 g/mol. The second kappa shape index (κ2) is 14.9. The molecule has 0 radical (unpaired) electrons. The van der Waals surface area contributed by atoms with Crippen LogP contribution < -0.4 is 10.2 Å². The number of methoxy groups -OCH3 is 1. The lowest BCUT2D eigenvalue weighted by atomic mass is 9.87. The van der Waals surface area contributed by atoms with Crippen LogP contribution >= 0.6 is 0 Å². The first-order valence-electron chi connectivity index (χ1n) is 16.2. The second-order valence-electron chi connectivity index (χ2n) is 12.5.